The number of rotatable bonds is 6. The van der Waals surface area contributed by atoms with Crippen LogP contribution in [0.15, 0.2) is 72.8 Å². The van der Waals surface area contributed by atoms with Gasteiger partial charge in [-0.15, -0.1) is 10.2 Å². The van der Waals surface area contributed by atoms with E-state index in [-0.39, 0.29) is 17.1 Å². The molecular formula is C25H20N4O4S. The molecule has 4 rings (SSSR count). The monoisotopic (exact) mass is 472 g/mol. The number of thiol groups is 1. The third-order valence-corrected chi connectivity index (χ3v) is 6.18. The molecule has 0 unspecified atom stereocenters. The van der Waals surface area contributed by atoms with Gasteiger partial charge in [0.05, 0.1) is 23.0 Å². The van der Waals surface area contributed by atoms with Crippen LogP contribution in [-0.2, 0) is 16.5 Å². The van der Waals surface area contributed by atoms with Gasteiger partial charge >= 0.3 is 6.09 Å². The van der Waals surface area contributed by atoms with Gasteiger partial charge in [-0.25, -0.2) is 13.2 Å². The Bertz CT molecular complexity index is 1470. The summed E-state index contributed by atoms with van der Waals surface area (Å²) in [5, 5.41) is 28.4. The van der Waals surface area contributed by atoms with Crippen LogP contribution in [-0.4, -0.2) is 29.8 Å². The fourth-order valence-electron chi connectivity index (χ4n) is 3.88. The molecule has 8 nitrogen and oxygen atoms in total. The van der Waals surface area contributed by atoms with E-state index in [1.807, 2.05) is 54.6 Å². The highest BCUT2D eigenvalue weighted by atomic mass is 32.2. The number of benzene rings is 3. The average molecular weight is 473 g/mol. The van der Waals surface area contributed by atoms with Gasteiger partial charge in [0.25, 0.3) is 0 Å². The van der Waals surface area contributed by atoms with Crippen LogP contribution in [0, 0.1) is 11.3 Å². The molecule has 0 aliphatic rings. The molecular weight excluding hydrogens is 452 g/mol. The molecule has 0 radical (unpaired) electrons. The fraction of sp³-hybridized carbons (Fsp3) is 0.120. The zero-order valence-corrected chi connectivity index (χ0v) is 19.0. The zero-order valence-electron chi connectivity index (χ0n) is 18.1. The number of nitriles is 1. The van der Waals surface area contributed by atoms with Crippen molar-refractivity contribution in [2.75, 3.05) is 4.90 Å². The summed E-state index contributed by atoms with van der Waals surface area (Å²) < 4.78 is 21.9. The number of carbonyl (C=O) groups is 1. The molecule has 9 heteroatoms. The number of carboxylic acid groups (broad SMARTS) is 1. The average Bonchev–Trinajstić information content (AvgIpc) is 2.84. The van der Waals surface area contributed by atoms with Crippen LogP contribution in [0.1, 0.15) is 29.8 Å². The van der Waals surface area contributed by atoms with Gasteiger partial charge in [-0.1, -0.05) is 60.7 Å². The highest BCUT2D eigenvalue weighted by Crippen LogP contribution is 2.36. The second kappa shape index (κ2) is 9.68. The Hall–Kier alpha value is -4.29. The van der Waals surface area contributed by atoms with E-state index in [4.69, 9.17) is 0 Å². The number of fused-ring (bicyclic) bond motifs is 1. The second-order valence-electron chi connectivity index (χ2n) is 7.67. The molecule has 170 valence electrons. The minimum atomic E-state index is -2.50. The molecule has 0 aliphatic heterocycles. The highest BCUT2D eigenvalue weighted by molar-refractivity contribution is 7.71. The van der Waals surface area contributed by atoms with Gasteiger partial charge in [-0.05, 0) is 41.3 Å². The number of hydrogen-bond donors (Lipinski definition) is 2. The van der Waals surface area contributed by atoms with E-state index in [0.29, 0.717) is 16.5 Å². The first-order chi connectivity index (χ1) is 16.4. The Morgan fingerprint density at radius 2 is 1.71 bits per heavy atom. The summed E-state index contributed by atoms with van der Waals surface area (Å²) in [6.45, 7) is 1.75. The van der Waals surface area contributed by atoms with Gasteiger partial charge in [0.1, 0.15) is 16.8 Å². The van der Waals surface area contributed by atoms with Gasteiger partial charge in [-0.3, -0.25) is 4.90 Å². The summed E-state index contributed by atoms with van der Waals surface area (Å²) in [6, 6.07) is 23.0. The molecule has 0 fully saturated rings. The molecule has 1 amide bonds. The maximum atomic E-state index is 12.3. The van der Waals surface area contributed by atoms with Crippen molar-refractivity contribution < 1.29 is 18.3 Å². The summed E-state index contributed by atoms with van der Waals surface area (Å²) in [5.74, 6) is -0.0241. The van der Waals surface area contributed by atoms with Gasteiger partial charge < -0.3 is 5.11 Å². The summed E-state index contributed by atoms with van der Waals surface area (Å²) in [6.07, 6.45) is -1.21. The van der Waals surface area contributed by atoms with E-state index in [1.165, 1.54) is 0 Å². The Kier molecular flexibility index (Phi) is 6.52. The number of amides is 1. The van der Waals surface area contributed by atoms with E-state index in [0.717, 1.165) is 21.6 Å². The number of anilines is 1. The Morgan fingerprint density at radius 1 is 1.03 bits per heavy atom. The SMILES string of the molecule is C[C@H](c1ccccc1)N(C(=O)O)c1c(C#N)nnc2cc(-c3ccc(C[SH](=O)=O)cc3)ccc12. The van der Waals surface area contributed by atoms with Crippen molar-refractivity contribution in [2.24, 2.45) is 0 Å². The molecule has 3 aromatic carbocycles. The Labute approximate surface area is 197 Å². The van der Waals surface area contributed by atoms with E-state index >= 15 is 0 Å². The molecule has 0 spiro atoms. The standard InChI is InChI=1S/C25H20N4O4S/c1-16(18-5-3-2-4-6-18)29(25(30)31)24-21-12-11-20(13-22(21)27-28-23(24)14-26)19-9-7-17(8-10-19)15-34(32)33/h2-13,16,34H,15H2,1H3,(H,30,31)/t16-/m1/s1. The van der Waals surface area contributed by atoms with Crippen LogP contribution >= 0.6 is 0 Å². The van der Waals surface area contributed by atoms with Gasteiger partial charge in [-0.2, -0.15) is 5.26 Å². The van der Waals surface area contributed by atoms with Crippen LogP contribution in [0.5, 0.6) is 0 Å². The first kappa shape index (κ1) is 22.9. The number of hydrogen-bond acceptors (Lipinski definition) is 6. The zero-order chi connectivity index (χ0) is 24.2. The third kappa shape index (κ3) is 4.58. The van der Waals surface area contributed by atoms with Crippen LogP contribution < -0.4 is 4.90 Å². The van der Waals surface area contributed by atoms with Crippen molar-refractivity contribution in [3.05, 3.63) is 89.6 Å². The molecule has 0 aliphatic carbocycles. The van der Waals surface area contributed by atoms with Crippen LogP contribution in [0.3, 0.4) is 0 Å². The third-order valence-electron chi connectivity index (χ3n) is 5.56. The van der Waals surface area contributed by atoms with E-state index in [1.54, 1.807) is 31.2 Å². The largest absolute Gasteiger partial charge is 0.465 e. The fourth-order valence-corrected chi connectivity index (χ4v) is 4.39. The smallest absolute Gasteiger partial charge is 0.412 e. The summed E-state index contributed by atoms with van der Waals surface area (Å²) >= 11 is 0. The van der Waals surface area contributed by atoms with Crippen LogP contribution in [0.25, 0.3) is 22.0 Å². The van der Waals surface area contributed by atoms with E-state index in [9.17, 15) is 23.6 Å². The van der Waals surface area contributed by atoms with Crippen molar-refractivity contribution in [1.82, 2.24) is 10.2 Å². The molecule has 1 heterocycles. The maximum absolute atomic E-state index is 12.3. The summed E-state index contributed by atoms with van der Waals surface area (Å²) in [7, 11) is -2.50. The molecule has 1 N–H and O–H groups in total. The minimum Gasteiger partial charge on any atom is -0.465 e. The summed E-state index contributed by atoms with van der Waals surface area (Å²) in [4.78, 5) is 13.5. The first-order valence-corrected chi connectivity index (χ1v) is 11.7. The van der Waals surface area contributed by atoms with Gasteiger partial charge in [0.15, 0.2) is 5.69 Å². The van der Waals surface area contributed by atoms with Crippen LogP contribution in [0.4, 0.5) is 10.5 Å². The van der Waals surface area contributed by atoms with Gasteiger partial charge in [0.2, 0.25) is 0 Å². The molecule has 4 aromatic rings. The van der Waals surface area contributed by atoms with Crippen molar-refractivity contribution in [2.45, 2.75) is 18.7 Å². The lowest BCUT2D eigenvalue weighted by Crippen LogP contribution is -2.33. The van der Waals surface area contributed by atoms with Crippen molar-refractivity contribution in [3.8, 4) is 17.2 Å². The number of aromatic nitrogens is 2. The lowest BCUT2D eigenvalue weighted by Gasteiger charge is -2.28. The second-order valence-corrected chi connectivity index (χ2v) is 8.65. The predicted molar refractivity (Wildman–Crippen MR) is 129 cm³/mol. The van der Waals surface area contributed by atoms with Crippen molar-refractivity contribution in [3.63, 3.8) is 0 Å². The minimum absolute atomic E-state index is 0.0241. The predicted octanol–water partition coefficient (Wildman–Crippen LogP) is 4.53. The molecule has 1 aromatic heterocycles. The normalized spacial score (nSPS) is 11.8. The van der Waals surface area contributed by atoms with Crippen molar-refractivity contribution in [1.29, 1.82) is 5.26 Å². The highest BCUT2D eigenvalue weighted by Gasteiger charge is 2.28. The molecule has 0 saturated carbocycles. The van der Waals surface area contributed by atoms with E-state index in [2.05, 4.69) is 10.2 Å². The van der Waals surface area contributed by atoms with Crippen molar-refractivity contribution >= 4 is 33.4 Å². The summed E-state index contributed by atoms with van der Waals surface area (Å²) in [5.41, 5.74) is 3.63. The molecule has 1 atom stereocenters. The number of nitrogens with zero attached hydrogens (tertiary/aromatic N) is 4. The first-order valence-electron chi connectivity index (χ1n) is 10.4. The topological polar surface area (TPSA) is 124 Å². The van der Waals surface area contributed by atoms with E-state index < -0.39 is 22.8 Å². The molecule has 0 saturated heterocycles. The Balaban J connectivity index is 1.82. The molecule has 34 heavy (non-hydrogen) atoms. The lowest BCUT2D eigenvalue weighted by atomic mass is 10.0. The maximum Gasteiger partial charge on any atom is 0.412 e. The Morgan fingerprint density at radius 3 is 2.32 bits per heavy atom. The quantitative estimate of drug-likeness (QED) is 0.395. The molecule has 0 bridgehead atoms. The lowest BCUT2D eigenvalue weighted by molar-refractivity contribution is 0.199. The van der Waals surface area contributed by atoms with Gasteiger partial charge in [0, 0.05) is 5.39 Å². The van der Waals surface area contributed by atoms with Crippen LogP contribution in [0.2, 0.25) is 0 Å².